The third kappa shape index (κ3) is 2.37. The predicted molar refractivity (Wildman–Crippen MR) is 79.7 cm³/mol. The van der Waals surface area contributed by atoms with E-state index in [1.807, 2.05) is 30.5 Å². The molecule has 3 nitrogen and oxygen atoms in total. The molecule has 0 saturated carbocycles. The quantitative estimate of drug-likeness (QED) is 0.788. The topological polar surface area (TPSA) is 51.8 Å². The zero-order valence-corrected chi connectivity index (χ0v) is 11.7. The third-order valence-electron chi connectivity index (χ3n) is 3.14. The first-order valence-corrected chi connectivity index (χ1v) is 6.73. The monoisotopic (exact) mass is 313 g/mol. The second-order valence-corrected chi connectivity index (χ2v) is 5.27. The van der Waals surface area contributed by atoms with Gasteiger partial charge in [-0.1, -0.05) is 18.2 Å². The van der Waals surface area contributed by atoms with Crippen molar-refractivity contribution in [3.8, 4) is 0 Å². The van der Waals surface area contributed by atoms with Crippen molar-refractivity contribution in [2.45, 2.75) is 6.04 Å². The molecule has 0 bridgehead atoms. The van der Waals surface area contributed by atoms with Crippen molar-refractivity contribution >= 4 is 26.7 Å². The molecule has 2 N–H and O–H groups in total. The SMILES string of the molecule is NC(c1cncc(Br)c1)c1cccc2ccncc12. The maximum absolute atomic E-state index is 6.36. The van der Waals surface area contributed by atoms with Crippen LogP contribution < -0.4 is 5.73 Å². The van der Waals surface area contributed by atoms with Crippen LogP contribution in [-0.4, -0.2) is 9.97 Å². The molecule has 3 rings (SSSR count). The molecule has 0 aliphatic rings. The van der Waals surface area contributed by atoms with Gasteiger partial charge in [0.15, 0.2) is 0 Å². The first-order chi connectivity index (χ1) is 9.25. The van der Waals surface area contributed by atoms with Crippen molar-refractivity contribution < 1.29 is 0 Å². The number of benzene rings is 1. The van der Waals surface area contributed by atoms with Crippen molar-refractivity contribution in [1.29, 1.82) is 0 Å². The largest absolute Gasteiger partial charge is 0.320 e. The highest BCUT2D eigenvalue weighted by atomic mass is 79.9. The van der Waals surface area contributed by atoms with Crippen LogP contribution in [0.4, 0.5) is 0 Å². The van der Waals surface area contributed by atoms with Gasteiger partial charge < -0.3 is 5.73 Å². The van der Waals surface area contributed by atoms with Crippen LogP contribution >= 0.6 is 15.9 Å². The van der Waals surface area contributed by atoms with E-state index in [1.54, 1.807) is 18.6 Å². The molecule has 2 aromatic heterocycles. The first kappa shape index (κ1) is 12.3. The van der Waals surface area contributed by atoms with Crippen LogP contribution in [0.25, 0.3) is 10.8 Å². The van der Waals surface area contributed by atoms with Crippen molar-refractivity contribution in [2.24, 2.45) is 5.73 Å². The summed E-state index contributed by atoms with van der Waals surface area (Å²) >= 11 is 3.42. The summed E-state index contributed by atoms with van der Waals surface area (Å²) in [5, 5.41) is 2.23. The minimum Gasteiger partial charge on any atom is -0.320 e. The Hall–Kier alpha value is -1.78. The third-order valence-corrected chi connectivity index (χ3v) is 3.57. The van der Waals surface area contributed by atoms with Gasteiger partial charge in [0, 0.05) is 34.6 Å². The second-order valence-electron chi connectivity index (χ2n) is 4.36. The normalized spacial score (nSPS) is 12.5. The zero-order chi connectivity index (χ0) is 13.2. The number of nitrogens with two attached hydrogens (primary N) is 1. The van der Waals surface area contributed by atoms with Crippen LogP contribution in [0.15, 0.2) is 59.6 Å². The van der Waals surface area contributed by atoms with Crippen molar-refractivity contribution in [3.63, 3.8) is 0 Å². The van der Waals surface area contributed by atoms with E-state index < -0.39 is 0 Å². The molecule has 94 valence electrons. The molecular weight excluding hydrogens is 302 g/mol. The Balaban J connectivity index is 2.14. The van der Waals surface area contributed by atoms with Gasteiger partial charge in [-0.05, 0) is 44.6 Å². The fourth-order valence-corrected chi connectivity index (χ4v) is 2.57. The van der Waals surface area contributed by atoms with Crippen LogP contribution in [0.3, 0.4) is 0 Å². The molecule has 19 heavy (non-hydrogen) atoms. The number of pyridine rings is 2. The lowest BCUT2D eigenvalue weighted by Gasteiger charge is -2.14. The van der Waals surface area contributed by atoms with Crippen molar-refractivity contribution in [2.75, 3.05) is 0 Å². The van der Waals surface area contributed by atoms with Gasteiger partial charge in [-0.3, -0.25) is 9.97 Å². The van der Waals surface area contributed by atoms with Crippen LogP contribution in [0, 0.1) is 0 Å². The van der Waals surface area contributed by atoms with E-state index in [0.29, 0.717) is 0 Å². The van der Waals surface area contributed by atoms with E-state index >= 15 is 0 Å². The molecule has 0 aliphatic heterocycles. The van der Waals surface area contributed by atoms with E-state index in [2.05, 4.69) is 32.0 Å². The fraction of sp³-hybridized carbons (Fsp3) is 0.0667. The lowest BCUT2D eigenvalue weighted by atomic mass is 9.96. The van der Waals surface area contributed by atoms with Crippen molar-refractivity contribution in [3.05, 3.63) is 70.7 Å². The second kappa shape index (κ2) is 5.07. The molecule has 0 fully saturated rings. The van der Waals surface area contributed by atoms with Gasteiger partial charge in [-0.15, -0.1) is 0 Å². The lowest BCUT2D eigenvalue weighted by Crippen LogP contribution is -2.12. The van der Waals surface area contributed by atoms with Crippen LogP contribution in [-0.2, 0) is 0 Å². The van der Waals surface area contributed by atoms with Crippen molar-refractivity contribution in [1.82, 2.24) is 9.97 Å². The van der Waals surface area contributed by atoms with Gasteiger partial charge in [0.1, 0.15) is 0 Å². The smallest absolute Gasteiger partial charge is 0.0574 e. The summed E-state index contributed by atoms with van der Waals surface area (Å²) in [6.45, 7) is 0. The number of halogens is 1. The molecule has 2 heterocycles. The van der Waals surface area contributed by atoms with E-state index in [-0.39, 0.29) is 6.04 Å². The summed E-state index contributed by atoms with van der Waals surface area (Å²) in [6.07, 6.45) is 7.19. The maximum atomic E-state index is 6.36. The Morgan fingerprint density at radius 3 is 2.79 bits per heavy atom. The molecule has 0 amide bonds. The summed E-state index contributed by atoms with van der Waals surface area (Å²) < 4.78 is 0.929. The van der Waals surface area contributed by atoms with Gasteiger partial charge in [0.25, 0.3) is 0 Å². The van der Waals surface area contributed by atoms with Gasteiger partial charge in [-0.2, -0.15) is 0 Å². The Morgan fingerprint density at radius 2 is 1.95 bits per heavy atom. The Morgan fingerprint density at radius 1 is 1.05 bits per heavy atom. The highest BCUT2D eigenvalue weighted by molar-refractivity contribution is 9.10. The Kier molecular flexibility index (Phi) is 3.27. The van der Waals surface area contributed by atoms with E-state index in [9.17, 15) is 0 Å². The van der Waals surface area contributed by atoms with Gasteiger partial charge in [-0.25, -0.2) is 0 Å². The van der Waals surface area contributed by atoms with E-state index in [4.69, 9.17) is 5.73 Å². The van der Waals surface area contributed by atoms with Crippen LogP contribution in [0.2, 0.25) is 0 Å². The number of rotatable bonds is 2. The standard InChI is InChI=1S/C15H12BrN3/c16-12-6-11(7-19-8-12)15(17)13-3-1-2-10-4-5-18-9-14(10)13/h1-9,15H,17H2. The predicted octanol–water partition coefficient (Wildman–Crippen LogP) is 3.44. The van der Waals surface area contributed by atoms with E-state index in [0.717, 1.165) is 26.4 Å². The first-order valence-electron chi connectivity index (χ1n) is 5.94. The summed E-state index contributed by atoms with van der Waals surface area (Å²) in [6, 6.07) is 9.89. The summed E-state index contributed by atoms with van der Waals surface area (Å²) in [7, 11) is 0. The highest BCUT2D eigenvalue weighted by Gasteiger charge is 2.12. The van der Waals surface area contributed by atoms with E-state index in [1.165, 1.54) is 0 Å². The van der Waals surface area contributed by atoms with Crippen LogP contribution in [0.1, 0.15) is 17.2 Å². The Labute approximate surface area is 119 Å². The molecule has 3 aromatic rings. The minimum atomic E-state index is -0.210. The molecule has 4 heteroatoms. The average molecular weight is 314 g/mol. The number of aromatic nitrogens is 2. The molecule has 1 unspecified atom stereocenters. The highest BCUT2D eigenvalue weighted by Crippen LogP contribution is 2.27. The maximum Gasteiger partial charge on any atom is 0.0574 e. The number of nitrogens with zero attached hydrogens (tertiary/aromatic N) is 2. The van der Waals surface area contributed by atoms with Gasteiger partial charge in [0.2, 0.25) is 0 Å². The summed E-state index contributed by atoms with van der Waals surface area (Å²) in [5.41, 5.74) is 8.40. The van der Waals surface area contributed by atoms with Crippen LogP contribution in [0.5, 0.6) is 0 Å². The summed E-state index contributed by atoms with van der Waals surface area (Å²) in [4.78, 5) is 8.36. The minimum absolute atomic E-state index is 0.210. The molecule has 1 atom stereocenters. The Bertz CT molecular complexity index is 722. The number of hydrogen-bond acceptors (Lipinski definition) is 3. The van der Waals surface area contributed by atoms with Gasteiger partial charge in [0.05, 0.1) is 6.04 Å². The number of fused-ring (bicyclic) bond motifs is 1. The molecule has 1 aromatic carbocycles. The fourth-order valence-electron chi connectivity index (χ4n) is 2.19. The molecule has 0 spiro atoms. The average Bonchev–Trinajstić information content (AvgIpc) is 2.46. The zero-order valence-electron chi connectivity index (χ0n) is 10.1. The summed E-state index contributed by atoms with van der Waals surface area (Å²) in [5.74, 6) is 0. The lowest BCUT2D eigenvalue weighted by molar-refractivity contribution is 0.870. The number of hydrogen-bond donors (Lipinski definition) is 1. The molecule has 0 saturated heterocycles. The van der Waals surface area contributed by atoms with Gasteiger partial charge >= 0.3 is 0 Å². The molecule has 0 radical (unpaired) electrons. The molecular formula is C15H12BrN3. The molecule has 0 aliphatic carbocycles.